The molecule has 110 valence electrons. The van der Waals surface area contributed by atoms with Gasteiger partial charge in [-0.15, -0.1) is 11.3 Å². The number of amides is 1. The lowest BCUT2D eigenvalue weighted by Crippen LogP contribution is -2.37. The smallest absolute Gasteiger partial charge is 0.263 e. The van der Waals surface area contributed by atoms with Gasteiger partial charge in [0.2, 0.25) is 0 Å². The molecule has 1 amide bonds. The average Bonchev–Trinajstić information content (AvgIpc) is 2.81. The number of carbonyl (C=O) groups is 1. The van der Waals surface area contributed by atoms with Crippen molar-refractivity contribution in [3.05, 3.63) is 21.4 Å². The molecule has 3 heteroatoms. The Morgan fingerprint density at radius 2 is 1.85 bits per heavy atom. The maximum absolute atomic E-state index is 12.6. The number of nitrogens with zero attached hydrogens (tertiary/aromatic N) is 1. The molecular formula is C17H25NOS. The van der Waals surface area contributed by atoms with Crippen molar-refractivity contribution in [1.29, 1.82) is 0 Å². The zero-order chi connectivity index (χ0) is 13.9. The number of rotatable bonds is 1. The van der Waals surface area contributed by atoms with E-state index in [1.54, 1.807) is 11.3 Å². The van der Waals surface area contributed by atoms with E-state index in [1.807, 2.05) is 0 Å². The van der Waals surface area contributed by atoms with E-state index in [-0.39, 0.29) is 5.91 Å². The van der Waals surface area contributed by atoms with E-state index in [1.165, 1.54) is 49.0 Å². The van der Waals surface area contributed by atoms with Crippen LogP contribution in [0.25, 0.3) is 0 Å². The van der Waals surface area contributed by atoms with Gasteiger partial charge in [0.1, 0.15) is 0 Å². The van der Waals surface area contributed by atoms with Crippen LogP contribution in [-0.2, 0) is 12.8 Å². The molecule has 2 nitrogen and oxygen atoms in total. The van der Waals surface area contributed by atoms with E-state index in [9.17, 15) is 4.79 Å². The van der Waals surface area contributed by atoms with Gasteiger partial charge in [0, 0.05) is 18.0 Å². The zero-order valence-corrected chi connectivity index (χ0v) is 13.3. The fraction of sp³-hybridized carbons (Fsp3) is 0.706. The second-order valence-corrected chi connectivity index (χ2v) is 7.58. The first-order chi connectivity index (χ1) is 9.74. The van der Waals surface area contributed by atoms with E-state index in [0.717, 1.165) is 36.7 Å². The lowest BCUT2D eigenvalue weighted by Gasteiger charge is -2.29. The quantitative estimate of drug-likeness (QED) is 0.756. The zero-order valence-electron chi connectivity index (χ0n) is 12.5. The number of carbonyl (C=O) groups excluding carboxylic acids is 1. The first-order valence-electron chi connectivity index (χ1n) is 8.15. The first kappa shape index (κ1) is 14.1. The van der Waals surface area contributed by atoms with Crippen molar-refractivity contribution in [3.63, 3.8) is 0 Å². The summed E-state index contributed by atoms with van der Waals surface area (Å²) in [6.07, 6.45) is 9.97. The van der Waals surface area contributed by atoms with Crippen LogP contribution in [-0.4, -0.2) is 23.9 Å². The minimum absolute atomic E-state index is 0.286. The number of fused-ring (bicyclic) bond motifs is 1. The molecule has 20 heavy (non-hydrogen) atoms. The second-order valence-electron chi connectivity index (χ2n) is 6.45. The number of thiophene rings is 1. The molecule has 2 aliphatic rings. The summed E-state index contributed by atoms with van der Waals surface area (Å²) in [5, 5.41) is 0. The summed E-state index contributed by atoms with van der Waals surface area (Å²) in [5.74, 6) is 1.07. The van der Waals surface area contributed by atoms with Crippen LogP contribution >= 0.6 is 11.3 Å². The highest BCUT2D eigenvalue weighted by atomic mass is 32.1. The highest BCUT2D eigenvalue weighted by molar-refractivity contribution is 7.14. The van der Waals surface area contributed by atoms with Crippen molar-refractivity contribution in [2.75, 3.05) is 13.1 Å². The van der Waals surface area contributed by atoms with Crippen LogP contribution < -0.4 is 0 Å². The summed E-state index contributed by atoms with van der Waals surface area (Å²) in [4.78, 5) is 17.2. The molecule has 0 atom stereocenters. The van der Waals surface area contributed by atoms with Gasteiger partial charge in [0.25, 0.3) is 5.91 Å². The van der Waals surface area contributed by atoms with E-state index in [0.29, 0.717) is 0 Å². The molecule has 1 aliphatic carbocycles. The lowest BCUT2D eigenvalue weighted by atomic mass is 9.98. The molecule has 0 spiro atoms. The van der Waals surface area contributed by atoms with Crippen LogP contribution in [0, 0.1) is 5.92 Å². The Morgan fingerprint density at radius 1 is 1.15 bits per heavy atom. The summed E-state index contributed by atoms with van der Waals surface area (Å²) >= 11 is 1.77. The van der Waals surface area contributed by atoms with Crippen molar-refractivity contribution < 1.29 is 4.79 Å². The monoisotopic (exact) mass is 291 g/mol. The van der Waals surface area contributed by atoms with E-state index in [4.69, 9.17) is 0 Å². The van der Waals surface area contributed by atoms with Crippen molar-refractivity contribution in [3.8, 4) is 0 Å². The minimum Gasteiger partial charge on any atom is -0.338 e. The molecule has 1 saturated heterocycles. The summed E-state index contributed by atoms with van der Waals surface area (Å²) in [7, 11) is 0. The molecule has 0 bridgehead atoms. The van der Waals surface area contributed by atoms with Gasteiger partial charge >= 0.3 is 0 Å². The van der Waals surface area contributed by atoms with Crippen LogP contribution in [0.2, 0.25) is 0 Å². The lowest BCUT2D eigenvalue weighted by molar-refractivity contribution is 0.0702. The average molecular weight is 291 g/mol. The minimum atomic E-state index is 0.286. The second kappa shape index (κ2) is 6.30. The Morgan fingerprint density at radius 3 is 2.60 bits per heavy atom. The molecule has 0 saturated carbocycles. The summed E-state index contributed by atoms with van der Waals surface area (Å²) in [6.45, 7) is 4.18. The van der Waals surface area contributed by atoms with Gasteiger partial charge < -0.3 is 4.90 Å². The van der Waals surface area contributed by atoms with E-state index >= 15 is 0 Å². The maximum Gasteiger partial charge on any atom is 0.263 e. The molecule has 0 unspecified atom stereocenters. The van der Waals surface area contributed by atoms with Crippen molar-refractivity contribution in [1.82, 2.24) is 4.90 Å². The fourth-order valence-electron chi connectivity index (χ4n) is 3.32. The van der Waals surface area contributed by atoms with Gasteiger partial charge in [-0.3, -0.25) is 4.79 Å². The molecule has 0 radical (unpaired) electrons. The van der Waals surface area contributed by atoms with Gasteiger partial charge in [-0.25, -0.2) is 0 Å². The molecule has 1 aromatic rings. The van der Waals surface area contributed by atoms with Gasteiger partial charge in [-0.2, -0.15) is 0 Å². The number of hydrogen-bond acceptors (Lipinski definition) is 2. The Balaban J connectivity index is 1.73. The topological polar surface area (TPSA) is 20.3 Å². The molecular weight excluding hydrogens is 266 g/mol. The largest absolute Gasteiger partial charge is 0.338 e. The Bertz CT molecular complexity index is 446. The van der Waals surface area contributed by atoms with Gasteiger partial charge in [0.15, 0.2) is 0 Å². The summed E-state index contributed by atoms with van der Waals surface area (Å²) in [6, 6.07) is 2.20. The fourth-order valence-corrected chi connectivity index (χ4v) is 4.54. The first-order valence-corrected chi connectivity index (χ1v) is 8.96. The standard InChI is InChI=1S/C17H25NOS/c1-13-8-10-18(11-9-13)17(19)16-12-14-6-4-2-3-5-7-15(14)20-16/h12-13H,2-11H2,1H3. The Hall–Kier alpha value is -0.830. The highest BCUT2D eigenvalue weighted by Gasteiger charge is 2.24. The molecule has 1 aromatic heterocycles. The van der Waals surface area contributed by atoms with Crippen LogP contribution in [0.5, 0.6) is 0 Å². The number of piperidine rings is 1. The predicted molar refractivity (Wildman–Crippen MR) is 84.5 cm³/mol. The Labute approximate surface area is 126 Å². The van der Waals surface area contributed by atoms with E-state index in [2.05, 4.69) is 17.9 Å². The van der Waals surface area contributed by atoms with Crippen LogP contribution in [0.4, 0.5) is 0 Å². The molecule has 0 N–H and O–H groups in total. The third kappa shape index (κ3) is 3.08. The summed E-state index contributed by atoms with van der Waals surface area (Å²) in [5.41, 5.74) is 1.46. The molecule has 1 aliphatic heterocycles. The highest BCUT2D eigenvalue weighted by Crippen LogP contribution is 2.30. The third-order valence-electron chi connectivity index (χ3n) is 4.78. The molecule has 3 rings (SSSR count). The van der Waals surface area contributed by atoms with Crippen LogP contribution in [0.1, 0.15) is 65.6 Å². The van der Waals surface area contributed by atoms with Crippen molar-refractivity contribution in [2.45, 2.75) is 58.3 Å². The number of likely N-dealkylation sites (tertiary alicyclic amines) is 1. The number of hydrogen-bond donors (Lipinski definition) is 0. The number of aryl methyl sites for hydroxylation is 2. The van der Waals surface area contributed by atoms with Crippen molar-refractivity contribution >= 4 is 17.2 Å². The third-order valence-corrected chi connectivity index (χ3v) is 6.00. The van der Waals surface area contributed by atoms with Crippen LogP contribution in [0.3, 0.4) is 0 Å². The maximum atomic E-state index is 12.6. The summed E-state index contributed by atoms with van der Waals surface area (Å²) < 4.78 is 0. The molecule has 0 aromatic carbocycles. The van der Waals surface area contributed by atoms with Gasteiger partial charge in [-0.05, 0) is 56.1 Å². The van der Waals surface area contributed by atoms with Gasteiger partial charge in [0.05, 0.1) is 4.88 Å². The SMILES string of the molecule is CC1CCN(C(=O)c2cc3c(s2)CCCCCC3)CC1. The van der Waals surface area contributed by atoms with E-state index < -0.39 is 0 Å². The normalized spacial score (nSPS) is 21.1. The molecule has 2 heterocycles. The van der Waals surface area contributed by atoms with Crippen molar-refractivity contribution in [2.24, 2.45) is 5.92 Å². The predicted octanol–water partition coefficient (Wildman–Crippen LogP) is 4.28. The Kier molecular flexibility index (Phi) is 4.45. The van der Waals surface area contributed by atoms with Gasteiger partial charge in [-0.1, -0.05) is 19.8 Å². The molecule has 1 fully saturated rings. The van der Waals surface area contributed by atoms with Crippen LogP contribution in [0.15, 0.2) is 6.07 Å².